The number of aliphatic carboxylic acids is 1. The molecule has 0 spiro atoms. The van der Waals surface area contributed by atoms with Crippen molar-refractivity contribution in [3.63, 3.8) is 0 Å². The van der Waals surface area contributed by atoms with Crippen LogP contribution in [0, 0.1) is 13.8 Å². The number of nitrogens with zero attached hydrogens (tertiary/aromatic N) is 2. The molecule has 0 aliphatic carbocycles. The van der Waals surface area contributed by atoms with Crippen LogP contribution in [0.1, 0.15) is 29.9 Å². The lowest BCUT2D eigenvalue weighted by atomic mass is 9.97. The standard InChI is InChI=1S/C13H18N2O5/c1-7(11-8(2)14-20-9(11)3)12(16)15-4-5-19-6-10(15)13(17)18/h7,10H,4-6H2,1-3H3,(H,17,18)/t7-,10+/m1/s1. The molecule has 1 amide bonds. The molecular formula is C13H18N2O5. The molecule has 1 aromatic rings. The first kappa shape index (κ1) is 14.5. The topological polar surface area (TPSA) is 92.9 Å². The zero-order valence-electron chi connectivity index (χ0n) is 11.8. The van der Waals surface area contributed by atoms with E-state index < -0.39 is 17.9 Å². The molecule has 110 valence electrons. The van der Waals surface area contributed by atoms with Crippen molar-refractivity contribution >= 4 is 11.9 Å². The van der Waals surface area contributed by atoms with Crippen molar-refractivity contribution < 1.29 is 24.0 Å². The van der Waals surface area contributed by atoms with Crippen molar-refractivity contribution in [3.05, 3.63) is 17.0 Å². The van der Waals surface area contributed by atoms with E-state index >= 15 is 0 Å². The molecule has 0 radical (unpaired) electrons. The fourth-order valence-corrected chi connectivity index (χ4v) is 2.55. The van der Waals surface area contributed by atoms with Crippen LogP contribution in [0.5, 0.6) is 0 Å². The summed E-state index contributed by atoms with van der Waals surface area (Å²) in [4.78, 5) is 25.1. The number of ether oxygens (including phenoxy) is 1. The Morgan fingerprint density at radius 3 is 2.70 bits per heavy atom. The second kappa shape index (κ2) is 5.62. The fraction of sp³-hybridized carbons (Fsp3) is 0.615. The zero-order valence-corrected chi connectivity index (χ0v) is 11.8. The molecule has 1 saturated heterocycles. The Hall–Kier alpha value is -1.89. The summed E-state index contributed by atoms with van der Waals surface area (Å²) in [5.41, 5.74) is 1.38. The number of hydrogen-bond acceptors (Lipinski definition) is 5. The lowest BCUT2D eigenvalue weighted by Crippen LogP contribution is -2.53. The fourth-order valence-electron chi connectivity index (χ4n) is 2.55. The Morgan fingerprint density at radius 1 is 1.45 bits per heavy atom. The maximum atomic E-state index is 12.6. The van der Waals surface area contributed by atoms with Crippen LogP contribution in [0.2, 0.25) is 0 Å². The summed E-state index contributed by atoms with van der Waals surface area (Å²) in [6.07, 6.45) is 0. The first-order valence-corrected chi connectivity index (χ1v) is 6.47. The highest BCUT2D eigenvalue weighted by Crippen LogP contribution is 2.26. The first-order chi connectivity index (χ1) is 9.43. The third-order valence-electron chi connectivity index (χ3n) is 3.59. The molecule has 1 fully saturated rings. The van der Waals surface area contributed by atoms with Crippen LogP contribution in [0.25, 0.3) is 0 Å². The van der Waals surface area contributed by atoms with Gasteiger partial charge in [0.05, 0.1) is 24.8 Å². The molecule has 2 rings (SSSR count). The van der Waals surface area contributed by atoms with Gasteiger partial charge in [0.1, 0.15) is 5.76 Å². The van der Waals surface area contributed by atoms with Crippen molar-refractivity contribution in [3.8, 4) is 0 Å². The molecule has 20 heavy (non-hydrogen) atoms. The predicted octanol–water partition coefficient (Wildman–Crippen LogP) is 0.707. The molecule has 2 heterocycles. The molecule has 0 aromatic carbocycles. The quantitative estimate of drug-likeness (QED) is 0.877. The van der Waals surface area contributed by atoms with Gasteiger partial charge in [-0.25, -0.2) is 4.79 Å². The Labute approximate surface area is 116 Å². The second-order valence-electron chi connectivity index (χ2n) is 4.92. The van der Waals surface area contributed by atoms with Crippen molar-refractivity contribution in [1.82, 2.24) is 10.1 Å². The van der Waals surface area contributed by atoms with E-state index in [2.05, 4.69) is 5.16 Å². The van der Waals surface area contributed by atoms with E-state index in [0.717, 1.165) is 5.56 Å². The molecule has 7 nitrogen and oxygen atoms in total. The minimum absolute atomic E-state index is 0.0232. The Kier molecular flexibility index (Phi) is 4.08. The van der Waals surface area contributed by atoms with Gasteiger partial charge < -0.3 is 19.3 Å². The van der Waals surface area contributed by atoms with E-state index in [0.29, 0.717) is 18.1 Å². The Morgan fingerprint density at radius 2 is 2.15 bits per heavy atom. The number of morpholine rings is 1. The summed E-state index contributed by atoms with van der Waals surface area (Å²) in [5, 5.41) is 13.0. The summed E-state index contributed by atoms with van der Waals surface area (Å²) in [6.45, 7) is 5.91. The van der Waals surface area contributed by atoms with Gasteiger partial charge in [-0.1, -0.05) is 5.16 Å². The van der Waals surface area contributed by atoms with Crippen molar-refractivity contribution in [2.45, 2.75) is 32.7 Å². The average molecular weight is 282 g/mol. The number of amides is 1. The van der Waals surface area contributed by atoms with Crippen LogP contribution in [0.15, 0.2) is 4.52 Å². The van der Waals surface area contributed by atoms with Gasteiger partial charge >= 0.3 is 5.97 Å². The van der Waals surface area contributed by atoms with Gasteiger partial charge in [-0.15, -0.1) is 0 Å². The van der Waals surface area contributed by atoms with Crippen LogP contribution in [-0.2, 0) is 14.3 Å². The molecule has 1 N–H and O–H groups in total. The van der Waals surface area contributed by atoms with Gasteiger partial charge in [0.2, 0.25) is 5.91 Å². The van der Waals surface area contributed by atoms with E-state index in [9.17, 15) is 14.7 Å². The largest absolute Gasteiger partial charge is 0.480 e. The minimum Gasteiger partial charge on any atom is -0.480 e. The summed E-state index contributed by atoms with van der Waals surface area (Å²) >= 11 is 0. The summed E-state index contributed by atoms with van der Waals surface area (Å²) < 4.78 is 10.2. The third kappa shape index (κ3) is 2.53. The van der Waals surface area contributed by atoms with Crippen LogP contribution < -0.4 is 0 Å². The number of carboxylic acid groups (broad SMARTS) is 1. The van der Waals surface area contributed by atoms with Crippen molar-refractivity contribution in [2.24, 2.45) is 0 Å². The second-order valence-corrected chi connectivity index (χ2v) is 4.92. The maximum absolute atomic E-state index is 12.6. The smallest absolute Gasteiger partial charge is 0.328 e. The van der Waals surface area contributed by atoms with Gasteiger partial charge in [0.25, 0.3) is 0 Å². The number of rotatable bonds is 3. The van der Waals surface area contributed by atoms with Crippen LogP contribution in [0.4, 0.5) is 0 Å². The normalized spacial score (nSPS) is 20.8. The van der Waals surface area contributed by atoms with Crippen molar-refractivity contribution in [2.75, 3.05) is 19.8 Å². The lowest BCUT2D eigenvalue weighted by Gasteiger charge is -2.34. The van der Waals surface area contributed by atoms with E-state index in [1.165, 1.54) is 4.90 Å². The highest BCUT2D eigenvalue weighted by Gasteiger charge is 2.36. The number of aromatic nitrogens is 1. The SMILES string of the molecule is Cc1noc(C)c1[C@@H](C)C(=O)N1CCOC[C@H]1C(=O)O. The predicted molar refractivity (Wildman–Crippen MR) is 68.3 cm³/mol. The number of carboxylic acids is 1. The maximum Gasteiger partial charge on any atom is 0.328 e. The summed E-state index contributed by atoms with van der Waals surface area (Å²) in [7, 11) is 0. The molecule has 1 aliphatic heterocycles. The van der Waals surface area contributed by atoms with Gasteiger partial charge in [0, 0.05) is 12.1 Å². The number of carbonyl (C=O) groups is 2. The van der Waals surface area contributed by atoms with Gasteiger partial charge in [0.15, 0.2) is 6.04 Å². The van der Waals surface area contributed by atoms with Crippen LogP contribution in [-0.4, -0.2) is 52.8 Å². The van der Waals surface area contributed by atoms with Crippen LogP contribution in [0.3, 0.4) is 0 Å². The number of carbonyl (C=O) groups excluding carboxylic acids is 1. The summed E-state index contributed by atoms with van der Waals surface area (Å²) in [6, 6.07) is -0.931. The number of hydrogen-bond donors (Lipinski definition) is 1. The van der Waals surface area contributed by atoms with E-state index in [-0.39, 0.29) is 19.1 Å². The molecule has 0 saturated carbocycles. The Balaban J connectivity index is 2.23. The third-order valence-corrected chi connectivity index (χ3v) is 3.59. The summed E-state index contributed by atoms with van der Waals surface area (Å²) in [5.74, 6) is -1.19. The zero-order chi connectivity index (χ0) is 14.9. The van der Waals surface area contributed by atoms with Crippen LogP contribution >= 0.6 is 0 Å². The average Bonchev–Trinajstić information content (AvgIpc) is 2.76. The molecule has 1 aliphatic rings. The van der Waals surface area contributed by atoms with E-state index in [4.69, 9.17) is 9.26 Å². The Bertz CT molecular complexity index is 505. The van der Waals surface area contributed by atoms with Gasteiger partial charge in [-0.3, -0.25) is 4.79 Å². The molecule has 1 aromatic heterocycles. The van der Waals surface area contributed by atoms with E-state index in [1.54, 1.807) is 20.8 Å². The lowest BCUT2D eigenvalue weighted by molar-refractivity contribution is -0.158. The monoisotopic (exact) mass is 282 g/mol. The van der Waals surface area contributed by atoms with Crippen molar-refractivity contribution in [1.29, 1.82) is 0 Å². The van der Waals surface area contributed by atoms with E-state index in [1.807, 2.05) is 0 Å². The first-order valence-electron chi connectivity index (χ1n) is 6.47. The highest BCUT2D eigenvalue weighted by molar-refractivity contribution is 5.88. The minimum atomic E-state index is -1.05. The van der Waals surface area contributed by atoms with Gasteiger partial charge in [-0.2, -0.15) is 0 Å². The highest BCUT2D eigenvalue weighted by atomic mass is 16.5. The molecule has 0 bridgehead atoms. The number of aryl methyl sites for hydroxylation is 2. The van der Waals surface area contributed by atoms with Gasteiger partial charge in [-0.05, 0) is 20.8 Å². The molecular weight excluding hydrogens is 264 g/mol. The molecule has 7 heteroatoms. The molecule has 2 atom stereocenters. The molecule has 0 unspecified atom stereocenters.